The van der Waals surface area contributed by atoms with Gasteiger partial charge in [-0.3, -0.25) is 9.69 Å². The van der Waals surface area contributed by atoms with Crippen molar-refractivity contribution in [2.24, 2.45) is 0 Å². The van der Waals surface area contributed by atoms with Gasteiger partial charge in [0.1, 0.15) is 5.82 Å². The van der Waals surface area contributed by atoms with E-state index in [-0.39, 0.29) is 11.6 Å². The van der Waals surface area contributed by atoms with Crippen molar-refractivity contribution in [3.8, 4) is 0 Å². The summed E-state index contributed by atoms with van der Waals surface area (Å²) in [6.45, 7) is 5.54. The van der Waals surface area contributed by atoms with Crippen LogP contribution < -0.4 is 4.90 Å². The fraction of sp³-hybridized carbons (Fsp3) is 0.316. The second-order valence-electron chi connectivity index (χ2n) is 6.12. The van der Waals surface area contributed by atoms with Gasteiger partial charge in [-0.25, -0.2) is 4.39 Å². The largest absolute Gasteiger partial charge is 0.367 e. The van der Waals surface area contributed by atoms with E-state index in [2.05, 4.69) is 11.0 Å². The van der Waals surface area contributed by atoms with Gasteiger partial charge in [0.2, 0.25) is 0 Å². The molecule has 0 unspecified atom stereocenters. The predicted octanol–water partition coefficient (Wildman–Crippen LogP) is 4.00. The maximum Gasteiger partial charge on any atom is 0.159 e. The highest BCUT2D eigenvalue weighted by atomic mass is 35.5. The van der Waals surface area contributed by atoms with Crippen LogP contribution in [0.2, 0.25) is 5.02 Å². The number of piperazine rings is 1. The number of hydrogen-bond donors (Lipinski definition) is 0. The van der Waals surface area contributed by atoms with E-state index >= 15 is 0 Å². The van der Waals surface area contributed by atoms with Crippen LogP contribution in [-0.2, 0) is 6.54 Å². The molecule has 0 amide bonds. The molecule has 1 aliphatic heterocycles. The Morgan fingerprint density at radius 2 is 1.88 bits per heavy atom. The Bertz CT molecular complexity index is 742. The minimum absolute atomic E-state index is 0.119. The number of carbonyl (C=O) groups is 1. The van der Waals surface area contributed by atoms with Crippen molar-refractivity contribution in [3.05, 3.63) is 64.4 Å². The van der Waals surface area contributed by atoms with E-state index < -0.39 is 0 Å². The van der Waals surface area contributed by atoms with Gasteiger partial charge < -0.3 is 4.90 Å². The van der Waals surface area contributed by atoms with Gasteiger partial charge in [-0.05, 0) is 42.8 Å². The molecule has 0 spiro atoms. The number of carbonyl (C=O) groups excluding carboxylic acids is 1. The molecule has 1 saturated heterocycles. The molecule has 2 aromatic rings. The summed E-state index contributed by atoms with van der Waals surface area (Å²) in [6.07, 6.45) is 0. The molecule has 3 nitrogen and oxygen atoms in total. The number of hydrogen-bond acceptors (Lipinski definition) is 3. The minimum Gasteiger partial charge on any atom is -0.367 e. The van der Waals surface area contributed by atoms with Crippen molar-refractivity contribution in [1.29, 1.82) is 0 Å². The monoisotopic (exact) mass is 346 g/mol. The lowest BCUT2D eigenvalue weighted by molar-refractivity contribution is 0.101. The van der Waals surface area contributed by atoms with Crippen molar-refractivity contribution >= 4 is 23.1 Å². The molecule has 0 aromatic heterocycles. The fourth-order valence-electron chi connectivity index (χ4n) is 3.02. The smallest absolute Gasteiger partial charge is 0.159 e. The van der Waals surface area contributed by atoms with E-state index in [0.717, 1.165) is 37.7 Å². The van der Waals surface area contributed by atoms with E-state index in [4.69, 9.17) is 11.6 Å². The molecular formula is C19H20ClFN2O. The molecule has 126 valence electrons. The normalized spacial score (nSPS) is 15.5. The van der Waals surface area contributed by atoms with Crippen LogP contribution in [0.3, 0.4) is 0 Å². The number of anilines is 1. The molecule has 2 aromatic carbocycles. The number of Topliss-reactive ketones (excluding diaryl/α,β-unsaturated/α-hetero) is 1. The second-order valence-corrected chi connectivity index (χ2v) is 6.55. The molecule has 1 aliphatic rings. The third kappa shape index (κ3) is 3.94. The first-order chi connectivity index (χ1) is 11.5. The predicted molar refractivity (Wildman–Crippen MR) is 95.3 cm³/mol. The first kappa shape index (κ1) is 16.9. The highest BCUT2D eigenvalue weighted by Gasteiger charge is 2.20. The lowest BCUT2D eigenvalue weighted by Crippen LogP contribution is -2.46. The van der Waals surface area contributed by atoms with E-state index in [1.54, 1.807) is 12.1 Å². The maximum absolute atomic E-state index is 14.3. The number of ketones is 1. The maximum atomic E-state index is 14.3. The minimum atomic E-state index is -0.328. The van der Waals surface area contributed by atoms with Crippen LogP contribution in [0.4, 0.5) is 10.1 Å². The van der Waals surface area contributed by atoms with Crippen molar-refractivity contribution in [2.45, 2.75) is 13.5 Å². The summed E-state index contributed by atoms with van der Waals surface area (Å²) >= 11 is 6.03. The Morgan fingerprint density at radius 1 is 1.12 bits per heavy atom. The van der Waals surface area contributed by atoms with E-state index in [1.165, 1.54) is 18.6 Å². The Balaban J connectivity index is 1.62. The van der Waals surface area contributed by atoms with Crippen LogP contribution in [0.5, 0.6) is 0 Å². The Hall–Kier alpha value is -1.91. The summed E-state index contributed by atoms with van der Waals surface area (Å²) in [7, 11) is 0. The Labute approximate surface area is 146 Å². The highest BCUT2D eigenvalue weighted by Crippen LogP contribution is 2.23. The quantitative estimate of drug-likeness (QED) is 0.782. The summed E-state index contributed by atoms with van der Waals surface area (Å²) < 4.78 is 14.3. The summed E-state index contributed by atoms with van der Waals surface area (Å²) in [4.78, 5) is 15.7. The van der Waals surface area contributed by atoms with Gasteiger partial charge in [0.25, 0.3) is 0 Å². The topological polar surface area (TPSA) is 23.6 Å². The number of rotatable bonds is 4. The van der Waals surface area contributed by atoms with Gasteiger partial charge in [0.05, 0.1) is 5.69 Å². The number of halogens is 2. The first-order valence-corrected chi connectivity index (χ1v) is 8.43. The highest BCUT2D eigenvalue weighted by molar-refractivity contribution is 6.30. The molecule has 0 bridgehead atoms. The van der Waals surface area contributed by atoms with Crippen molar-refractivity contribution < 1.29 is 9.18 Å². The lowest BCUT2D eigenvalue weighted by Gasteiger charge is -2.36. The Morgan fingerprint density at radius 3 is 2.50 bits per heavy atom. The van der Waals surface area contributed by atoms with Gasteiger partial charge in [-0.2, -0.15) is 0 Å². The van der Waals surface area contributed by atoms with Crippen LogP contribution in [-0.4, -0.2) is 36.9 Å². The zero-order valence-corrected chi connectivity index (χ0v) is 14.4. The standard InChI is InChI=1S/C19H20ClFN2O/c1-14(24)16-5-6-19(18(21)12-16)23-9-7-22(8-10-23)13-15-3-2-4-17(20)11-15/h2-6,11-12H,7-10,13H2,1H3. The second kappa shape index (κ2) is 7.32. The molecule has 0 saturated carbocycles. The third-order valence-electron chi connectivity index (χ3n) is 4.36. The zero-order valence-electron chi connectivity index (χ0n) is 13.6. The molecule has 1 fully saturated rings. The third-order valence-corrected chi connectivity index (χ3v) is 4.60. The average molecular weight is 347 g/mol. The molecule has 0 radical (unpaired) electrons. The molecule has 24 heavy (non-hydrogen) atoms. The molecule has 3 rings (SSSR count). The van der Waals surface area contributed by atoms with Gasteiger partial charge >= 0.3 is 0 Å². The molecule has 0 aliphatic carbocycles. The van der Waals surface area contributed by atoms with Gasteiger partial charge in [-0.1, -0.05) is 23.7 Å². The van der Waals surface area contributed by atoms with Gasteiger partial charge in [-0.15, -0.1) is 0 Å². The van der Waals surface area contributed by atoms with Crippen molar-refractivity contribution in [1.82, 2.24) is 4.90 Å². The number of benzene rings is 2. The summed E-state index contributed by atoms with van der Waals surface area (Å²) in [5, 5.41) is 0.749. The molecule has 0 atom stereocenters. The van der Waals surface area contributed by atoms with Crippen molar-refractivity contribution in [3.63, 3.8) is 0 Å². The number of nitrogens with zero attached hydrogens (tertiary/aromatic N) is 2. The molecule has 5 heteroatoms. The Kier molecular flexibility index (Phi) is 5.17. The SMILES string of the molecule is CC(=O)c1ccc(N2CCN(Cc3cccc(Cl)c3)CC2)c(F)c1. The fourth-order valence-corrected chi connectivity index (χ4v) is 3.24. The van der Waals surface area contributed by atoms with Crippen molar-refractivity contribution in [2.75, 3.05) is 31.1 Å². The van der Waals surface area contributed by atoms with Crippen LogP contribution in [0.1, 0.15) is 22.8 Å². The van der Waals surface area contributed by atoms with Gasteiger partial charge in [0, 0.05) is 43.3 Å². The zero-order chi connectivity index (χ0) is 17.1. The van der Waals surface area contributed by atoms with Gasteiger partial charge in [0.15, 0.2) is 5.78 Å². The van der Waals surface area contributed by atoms with E-state index in [1.807, 2.05) is 23.1 Å². The molecule has 0 N–H and O–H groups in total. The average Bonchev–Trinajstić information content (AvgIpc) is 2.55. The van der Waals surface area contributed by atoms with E-state index in [0.29, 0.717) is 11.3 Å². The summed E-state index contributed by atoms with van der Waals surface area (Å²) in [5.41, 5.74) is 2.17. The van der Waals surface area contributed by atoms with E-state index in [9.17, 15) is 9.18 Å². The summed E-state index contributed by atoms with van der Waals surface area (Å²) in [5.74, 6) is -0.446. The summed E-state index contributed by atoms with van der Waals surface area (Å²) in [6, 6.07) is 12.6. The van der Waals surface area contributed by atoms with Crippen LogP contribution in [0, 0.1) is 5.82 Å². The van der Waals surface area contributed by atoms with Crippen LogP contribution in [0.15, 0.2) is 42.5 Å². The first-order valence-electron chi connectivity index (χ1n) is 8.05. The lowest BCUT2D eigenvalue weighted by atomic mass is 10.1. The molecule has 1 heterocycles. The molecular weight excluding hydrogens is 327 g/mol. The van der Waals surface area contributed by atoms with Crippen LogP contribution >= 0.6 is 11.6 Å². The van der Waals surface area contributed by atoms with Crippen LogP contribution in [0.25, 0.3) is 0 Å².